The van der Waals surface area contributed by atoms with Gasteiger partial charge in [0.25, 0.3) is 17.5 Å². The van der Waals surface area contributed by atoms with Crippen molar-refractivity contribution in [2.24, 2.45) is 0 Å². The number of methoxy groups -OCH3 is 1. The number of rotatable bonds is 24. The number of benzene rings is 1. The highest BCUT2D eigenvalue weighted by Gasteiger charge is 2.34. The molecule has 2 amide bonds. The molecule has 1 aromatic carbocycles. The number of amides is 2. The summed E-state index contributed by atoms with van der Waals surface area (Å²) in [7, 11) is 1.33. The van der Waals surface area contributed by atoms with Crippen LogP contribution < -0.4 is 9.47 Å². The molecule has 1 heterocycles. The minimum absolute atomic E-state index is 0.0234. The minimum atomic E-state index is -1.38. The Labute approximate surface area is 266 Å². The van der Waals surface area contributed by atoms with E-state index < -0.39 is 34.7 Å². The minimum Gasteiger partial charge on any atom is -0.493 e. The van der Waals surface area contributed by atoms with Crippen LogP contribution in [0.1, 0.15) is 57.1 Å². The normalized spacial score (nSPS) is 13.3. The van der Waals surface area contributed by atoms with E-state index in [4.69, 9.17) is 39.6 Å². The number of hydroxylamine groups is 2. The number of hydrogen-bond donors (Lipinski definition) is 0. The van der Waals surface area contributed by atoms with E-state index >= 15 is 0 Å². The van der Waals surface area contributed by atoms with Crippen LogP contribution in [0.5, 0.6) is 11.5 Å². The fourth-order valence-electron chi connectivity index (χ4n) is 4.02. The summed E-state index contributed by atoms with van der Waals surface area (Å²) >= 11 is 0. The van der Waals surface area contributed by atoms with E-state index in [1.807, 2.05) is 0 Å². The fourth-order valence-corrected chi connectivity index (χ4v) is 4.02. The van der Waals surface area contributed by atoms with Crippen molar-refractivity contribution in [1.82, 2.24) is 5.06 Å². The third kappa shape index (κ3) is 13.8. The molecule has 0 aromatic heterocycles. The zero-order valence-electron chi connectivity index (χ0n) is 26.0. The molecule has 1 aliphatic heterocycles. The van der Waals surface area contributed by atoms with Gasteiger partial charge in [0, 0.05) is 32.3 Å². The van der Waals surface area contributed by atoms with Crippen LogP contribution in [0.3, 0.4) is 0 Å². The number of hydrogen-bond acceptors (Lipinski definition) is 14. The second kappa shape index (κ2) is 21.4. The number of nitrogens with zero attached hydrogens (tertiary/aromatic N) is 2. The Morgan fingerprint density at radius 1 is 0.913 bits per heavy atom. The van der Waals surface area contributed by atoms with Crippen LogP contribution in [0.4, 0.5) is 10.5 Å². The van der Waals surface area contributed by atoms with Gasteiger partial charge in [0.2, 0.25) is 0 Å². The number of Topliss-reactive ketones (excluding diaryl/α,β-unsaturated/α-hetero) is 1. The molecule has 0 spiro atoms. The maximum atomic E-state index is 12.2. The molecule has 1 saturated heterocycles. The third-order valence-corrected chi connectivity index (χ3v) is 6.30. The van der Waals surface area contributed by atoms with Crippen molar-refractivity contribution in [3.05, 3.63) is 27.8 Å². The second-order valence-corrected chi connectivity index (χ2v) is 9.69. The van der Waals surface area contributed by atoms with Crippen molar-refractivity contribution in [2.75, 3.05) is 66.6 Å². The summed E-state index contributed by atoms with van der Waals surface area (Å²) in [5, 5.41) is 12.1. The van der Waals surface area contributed by atoms with E-state index in [-0.39, 0.29) is 55.3 Å². The molecule has 1 aromatic rings. The highest BCUT2D eigenvalue weighted by molar-refractivity contribution is 6.01. The first-order chi connectivity index (χ1) is 22.2. The van der Waals surface area contributed by atoms with Gasteiger partial charge in [-0.2, -0.15) is 0 Å². The first-order valence-electron chi connectivity index (χ1n) is 14.7. The number of ether oxygens (including phenoxy) is 7. The number of carbonyl (C=O) groups excluding carboxylic acids is 4. The molecule has 0 radical (unpaired) electrons. The summed E-state index contributed by atoms with van der Waals surface area (Å²) in [6.45, 7) is 4.66. The zero-order valence-corrected chi connectivity index (χ0v) is 26.0. The monoisotopic (exact) mass is 652 g/mol. The van der Waals surface area contributed by atoms with Gasteiger partial charge in [-0.3, -0.25) is 29.3 Å². The van der Waals surface area contributed by atoms with E-state index in [9.17, 15) is 29.3 Å². The number of nitro groups is 1. The molecule has 16 nitrogen and oxygen atoms in total. The molecule has 2 rings (SSSR count). The molecule has 1 atom stereocenters. The molecular formula is C30H40N2O14. The lowest BCUT2D eigenvalue weighted by Gasteiger charge is -2.18. The summed E-state index contributed by atoms with van der Waals surface area (Å²) in [5.41, 5.74) is -0.470. The quantitative estimate of drug-likeness (QED) is 0.0395. The number of terminal acetylenes is 1. The van der Waals surface area contributed by atoms with Gasteiger partial charge in [-0.25, -0.2) is 4.79 Å². The van der Waals surface area contributed by atoms with Crippen molar-refractivity contribution >= 4 is 29.4 Å². The molecule has 0 saturated carbocycles. The Morgan fingerprint density at radius 3 is 2.04 bits per heavy atom. The van der Waals surface area contributed by atoms with Crippen molar-refractivity contribution in [3.63, 3.8) is 0 Å². The fraction of sp³-hybridized carbons (Fsp3) is 0.600. The highest BCUT2D eigenvalue weighted by atomic mass is 16.8. The Balaban J connectivity index is 1.68. The van der Waals surface area contributed by atoms with Crippen LogP contribution in [0.15, 0.2) is 12.1 Å². The lowest BCUT2D eigenvalue weighted by molar-refractivity contribution is -0.386. The Bertz CT molecular complexity index is 1200. The van der Waals surface area contributed by atoms with Crippen LogP contribution >= 0.6 is 0 Å². The van der Waals surface area contributed by atoms with Crippen molar-refractivity contribution in [1.29, 1.82) is 0 Å². The van der Waals surface area contributed by atoms with Crippen LogP contribution in [-0.4, -0.2) is 100 Å². The Kier molecular flexibility index (Phi) is 17.7. The first-order valence-corrected chi connectivity index (χ1v) is 14.7. The van der Waals surface area contributed by atoms with Gasteiger partial charge < -0.3 is 33.2 Å². The topological polar surface area (TPSA) is 188 Å². The molecule has 16 heteroatoms. The lowest BCUT2D eigenvalue weighted by atomic mass is 10.1. The predicted octanol–water partition coefficient (Wildman–Crippen LogP) is 3.09. The number of imide groups is 1. The van der Waals surface area contributed by atoms with E-state index in [1.165, 1.54) is 20.1 Å². The number of ketones is 1. The summed E-state index contributed by atoms with van der Waals surface area (Å²) < 4.78 is 37.3. The van der Waals surface area contributed by atoms with Crippen LogP contribution in [-0.2, 0) is 42.9 Å². The molecule has 46 heavy (non-hydrogen) atoms. The summed E-state index contributed by atoms with van der Waals surface area (Å²) in [5.74, 6) is 1.18. The molecule has 0 N–H and O–H groups in total. The number of nitro benzene ring substituents is 1. The maximum Gasteiger partial charge on any atom is 0.534 e. The van der Waals surface area contributed by atoms with Gasteiger partial charge in [0.1, 0.15) is 18.5 Å². The van der Waals surface area contributed by atoms with Crippen LogP contribution in [0, 0.1) is 22.5 Å². The lowest BCUT2D eigenvalue weighted by Crippen LogP contribution is -2.32. The molecule has 1 unspecified atom stereocenters. The molecule has 1 fully saturated rings. The Hall–Kier alpha value is -4.30. The van der Waals surface area contributed by atoms with Gasteiger partial charge in [-0.05, 0) is 25.8 Å². The largest absolute Gasteiger partial charge is 0.534 e. The standard InChI is InChI=1S/C30H40N2O14/c1-4-11-40-14-16-42-18-19-43-17-15-41-12-5-7-23(33)8-6-13-44-27-21-25(32(37)38)24(20-26(27)39-3)22(2)45-30(36)46-31-28(34)9-10-29(31)35/h1,20-22H,5-19H2,2-3H3. The van der Waals surface area contributed by atoms with E-state index in [1.54, 1.807) is 0 Å². The third-order valence-electron chi connectivity index (χ3n) is 6.30. The molecular weight excluding hydrogens is 612 g/mol. The van der Waals surface area contributed by atoms with Gasteiger partial charge in [-0.15, -0.1) is 6.42 Å². The van der Waals surface area contributed by atoms with Gasteiger partial charge in [-0.1, -0.05) is 11.0 Å². The van der Waals surface area contributed by atoms with Gasteiger partial charge in [0.05, 0.1) is 69.9 Å². The Morgan fingerprint density at radius 2 is 1.48 bits per heavy atom. The summed E-state index contributed by atoms with van der Waals surface area (Å²) in [6.07, 6.45) is 3.77. The average molecular weight is 653 g/mol. The maximum absolute atomic E-state index is 12.2. The molecule has 0 aliphatic carbocycles. The predicted molar refractivity (Wildman–Crippen MR) is 158 cm³/mol. The number of carbonyl (C=O) groups is 4. The first kappa shape index (κ1) is 37.9. The second-order valence-electron chi connectivity index (χ2n) is 9.69. The van der Waals surface area contributed by atoms with Crippen LogP contribution in [0.2, 0.25) is 0 Å². The van der Waals surface area contributed by atoms with Crippen LogP contribution in [0.25, 0.3) is 0 Å². The molecule has 0 bridgehead atoms. The SMILES string of the molecule is C#CCOCCOCCOCCOCCCC(=O)CCCOc1cc([N+](=O)[O-])c(C(C)OC(=O)ON2C(=O)CCC2=O)cc1OC. The summed E-state index contributed by atoms with van der Waals surface area (Å²) in [6, 6.07) is 2.40. The van der Waals surface area contributed by atoms with Crippen molar-refractivity contribution in [3.8, 4) is 23.8 Å². The highest BCUT2D eigenvalue weighted by Crippen LogP contribution is 2.38. The smallest absolute Gasteiger partial charge is 0.493 e. The molecule has 1 aliphatic rings. The van der Waals surface area contributed by atoms with Crippen molar-refractivity contribution in [2.45, 2.75) is 51.6 Å². The van der Waals surface area contributed by atoms with E-state index in [0.29, 0.717) is 70.6 Å². The van der Waals surface area contributed by atoms with Gasteiger partial charge >= 0.3 is 6.16 Å². The van der Waals surface area contributed by atoms with Crippen molar-refractivity contribution < 1.29 is 62.1 Å². The van der Waals surface area contributed by atoms with E-state index in [0.717, 1.165) is 6.07 Å². The zero-order chi connectivity index (χ0) is 33.7. The van der Waals surface area contributed by atoms with Gasteiger partial charge in [0.15, 0.2) is 11.5 Å². The van der Waals surface area contributed by atoms with E-state index in [2.05, 4.69) is 10.8 Å². The molecule has 254 valence electrons. The average Bonchev–Trinajstić information content (AvgIpc) is 3.34. The summed E-state index contributed by atoms with van der Waals surface area (Å²) in [4.78, 5) is 63.4.